The lowest BCUT2D eigenvalue weighted by atomic mass is 10.0. The standard InChI is InChI=1S/C14H18N2O2S/c1-9-16-8-13(19-9)14(15-2)11-7-10(17-3)5-6-12(11)18-4/h5-8,14-15H,1-4H3. The van der Waals surface area contributed by atoms with Crippen LogP contribution in [0, 0.1) is 6.92 Å². The molecule has 0 bridgehead atoms. The van der Waals surface area contributed by atoms with E-state index in [1.165, 1.54) is 0 Å². The lowest BCUT2D eigenvalue weighted by Crippen LogP contribution is -2.17. The molecule has 0 aliphatic carbocycles. The average Bonchev–Trinajstić information content (AvgIpc) is 2.86. The third-order valence-corrected chi connectivity index (χ3v) is 3.94. The molecular formula is C14H18N2O2S. The number of aromatic nitrogens is 1. The first-order valence-electron chi connectivity index (χ1n) is 6.01. The Morgan fingerprint density at radius 2 is 2.05 bits per heavy atom. The molecule has 102 valence electrons. The summed E-state index contributed by atoms with van der Waals surface area (Å²) in [4.78, 5) is 5.47. The van der Waals surface area contributed by atoms with Gasteiger partial charge < -0.3 is 14.8 Å². The van der Waals surface area contributed by atoms with Crippen LogP contribution in [0.2, 0.25) is 0 Å². The molecule has 0 radical (unpaired) electrons. The van der Waals surface area contributed by atoms with Crippen LogP contribution in [0.3, 0.4) is 0 Å². The number of hydrogen-bond acceptors (Lipinski definition) is 5. The number of aryl methyl sites for hydroxylation is 1. The summed E-state index contributed by atoms with van der Waals surface area (Å²) in [6.07, 6.45) is 1.90. The van der Waals surface area contributed by atoms with E-state index in [4.69, 9.17) is 9.47 Å². The van der Waals surface area contributed by atoms with E-state index in [2.05, 4.69) is 10.3 Å². The smallest absolute Gasteiger partial charge is 0.124 e. The maximum absolute atomic E-state index is 5.44. The first-order valence-corrected chi connectivity index (χ1v) is 6.82. The van der Waals surface area contributed by atoms with Gasteiger partial charge in [0, 0.05) is 16.6 Å². The quantitative estimate of drug-likeness (QED) is 0.913. The summed E-state index contributed by atoms with van der Waals surface area (Å²) < 4.78 is 10.7. The Morgan fingerprint density at radius 3 is 2.58 bits per heavy atom. The molecular weight excluding hydrogens is 260 g/mol. The van der Waals surface area contributed by atoms with Gasteiger partial charge in [-0.05, 0) is 32.2 Å². The van der Waals surface area contributed by atoms with E-state index in [0.717, 1.165) is 26.9 Å². The molecule has 0 aliphatic rings. The Hall–Kier alpha value is -1.59. The van der Waals surface area contributed by atoms with Crippen LogP contribution in [0.25, 0.3) is 0 Å². The van der Waals surface area contributed by atoms with Gasteiger partial charge in [0.2, 0.25) is 0 Å². The number of rotatable bonds is 5. The van der Waals surface area contributed by atoms with Crippen LogP contribution in [0.4, 0.5) is 0 Å². The highest BCUT2D eigenvalue weighted by atomic mass is 32.1. The van der Waals surface area contributed by atoms with Crippen molar-refractivity contribution < 1.29 is 9.47 Å². The van der Waals surface area contributed by atoms with Gasteiger partial charge in [-0.25, -0.2) is 4.98 Å². The molecule has 1 aromatic heterocycles. The van der Waals surface area contributed by atoms with Gasteiger partial charge in [-0.3, -0.25) is 0 Å². The van der Waals surface area contributed by atoms with Gasteiger partial charge in [-0.1, -0.05) is 0 Å². The number of nitrogens with one attached hydrogen (secondary N) is 1. The van der Waals surface area contributed by atoms with Gasteiger partial charge in [0.15, 0.2) is 0 Å². The van der Waals surface area contributed by atoms with Crippen molar-refractivity contribution in [2.75, 3.05) is 21.3 Å². The molecule has 1 atom stereocenters. The molecule has 0 amide bonds. The van der Waals surface area contributed by atoms with Crippen molar-refractivity contribution in [3.8, 4) is 11.5 Å². The van der Waals surface area contributed by atoms with E-state index >= 15 is 0 Å². The van der Waals surface area contributed by atoms with Crippen molar-refractivity contribution in [3.63, 3.8) is 0 Å². The molecule has 0 saturated heterocycles. The second-order valence-electron chi connectivity index (χ2n) is 4.11. The minimum Gasteiger partial charge on any atom is -0.497 e. The molecule has 0 fully saturated rings. The predicted octanol–water partition coefficient (Wildman–Crippen LogP) is 2.78. The molecule has 2 aromatic rings. The van der Waals surface area contributed by atoms with Crippen LogP contribution in [0.5, 0.6) is 11.5 Å². The number of methoxy groups -OCH3 is 2. The van der Waals surface area contributed by atoms with E-state index in [1.54, 1.807) is 25.6 Å². The second kappa shape index (κ2) is 6.04. The molecule has 0 spiro atoms. The van der Waals surface area contributed by atoms with Gasteiger partial charge in [0.1, 0.15) is 11.5 Å². The SMILES string of the molecule is CNC(c1cnc(C)s1)c1cc(OC)ccc1OC. The molecule has 5 heteroatoms. The zero-order valence-electron chi connectivity index (χ0n) is 11.6. The van der Waals surface area contributed by atoms with Crippen molar-refractivity contribution in [1.82, 2.24) is 10.3 Å². The van der Waals surface area contributed by atoms with Crippen molar-refractivity contribution >= 4 is 11.3 Å². The summed E-state index contributed by atoms with van der Waals surface area (Å²) in [6.45, 7) is 2.00. The molecule has 0 aliphatic heterocycles. The highest BCUT2D eigenvalue weighted by molar-refractivity contribution is 7.11. The fourth-order valence-corrected chi connectivity index (χ4v) is 2.94. The Kier molecular flexibility index (Phi) is 4.39. The maximum atomic E-state index is 5.44. The Morgan fingerprint density at radius 1 is 1.26 bits per heavy atom. The summed E-state index contributed by atoms with van der Waals surface area (Å²) in [6, 6.07) is 5.87. The van der Waals surface area contributed by atoms with Gasteiger partial charge in [-0.15, -0.1) is 11.3 Å². The predicted molar refractivity (Wildman–Crippen MR) is 77.3 cm³/mol. The molecule has 1 unspecified atom stereocenters. The molecule has 0 saturated carbocycles. The van der Waals surface area contributed by atoms with Crippen LogP contribution in [-0.2, 0) is 0 Å². The number of ether oxygens (including phenoxy) is 2. The van der Waals surface area contributed by atoms with Gasteiger partial charge in [-0.2, -0.15) is 0 Å². The van der Waals surface area contributed by atoms with Crippen LogP contribution in [0.1, 0.15) is 21.5 Å². The lowest BCUT2D eigenvalue weighted by molar-refractivity contribution is 0.395. The highest BCUT2D eigenvalue weighted by Gasteiger charge is 2.19. The summed E-state index contributed by atoms with van der Waals surface area (Å²) in [7, 11) is 5.27. The largest absolute Gasteiger partial charge is 0.497 e. The highest BCUT2D eigenvalue weighted by Crippen LogP contribution is 2.34. The fourth-order valence-electron chi connectivity index (χ4n) is 2.03. The molecule has 4 nitrogen and oxygen atoms in total. The van der Waals surface area contributed by atoms with E-state index in [0.29, 0.717) is 0 Å². The van der Waals surface area contributed by atoms with Crippen LogP contribution < -0.4 is 14.8 Å². The maximum Gasteiger partial charge on any atom is 0.124 e. The third-order valence-electron chi connectivity index (χ3n) is 2.96. The van der Waals surface area contributed by atoms with E-state index in [1.807, 2.05) is 38.4 Å². The molecule has 1 N–H and O–H groups in total. The molecule has 1 aromatic carbocycles. The topological polar surface area (TPSA) is 43.4 Å². The number of nitrogens with zero attached hydrogens (tertiary/aromatic N) is 1. The Labute approximate surface area is 117 Å². The number of hydrogen-bond donors (Lipinski definition) is 1. The Bertz CT molecular complexity index is 554. The van der Waals surface area contributed by atoms with Crippen LogP contribution >= 0.6 is 11.3 Å². The normalized spacial score (nSPS) is 12.2. The summed E-state index contributed by atoms with van der Waals surface area (Å²) in [5.74, 6) is 1.66. The van der Waals surface area contributed by atoms with Gasteiger partial charge in [0.25, 0.3) is 0 Å². The molecule has 19 heavy (non-hydrogen) atoms. The number of benzene rings is 1. The number of thiazole rings is 1. The lowest BCUT2D eigenvalue weighted by Gasteiger charge is -2.18. The first kappa shape index (κ1) is 13.8. The summed E-state index contributed by atoms with van der Waals surface area (Å²) in [5.41, 5.74) is 1.05. The van der Waals surface area contributed by atoms with E-state index in [-0.39, 0.29) is 6.04 Å². The Balaban J connectivity index is 2.47. The fraction of sp³-hybridized carbons (Fsp3) is 0.357. The summed E-state index contributed by atoms with van der Waals surface area (Å²) >= 11 is 1.68. The van der Waals surface area contributed by atoms with E-state index < -0.39 is 0 Å². The minimum atomic E-state index is 0.0521. The van der Waals surface area contributed by atoms with E-state index in [9.17, 15) is 0 Å². The van der Waals surface area contributed by atoms with Crippen molar-refractivity contribution in [1.29, 1.82) is 0 Å². The first-order chi connectivity index (χ1) is 9.19. The van der Waals surface area contributed by atoms with Crippen molar-refractivity contribution in [2.24, 2.45) is 0 Å². The zero-order valence-corrected chi connectivity index (χ0v) is 12.4. The second-order valence-corrected chi connectivity index (χ2v) is 5.38. The monoisotopic (exact) mass is 278 g/mol. The van der Waals surface area contributed by atoms with Gasteiger partial charge >= 0.3 is 0 Å². The van der Waals surface area contributed by atoms with Crippen LogP contribution in [-0.4, -0.2) is 26.3 Å². The van der Waals surface area contributed by atoms with Crippen molar-refractivity contribution in [2.45, 2.75) is 13.0 Å². The summed E-state index contributed by atoms with van der Waals surface area (Å²) in [5, 5.41) is 4.36. The minimum absolute atomic E-state index is 0.0521. The molecule has 1 heterocycles. The molecule has 2 rings (SSSR count). The van der Waals surface area contributed by atoms with Gasteiger partial charge in [0.05, 0.1) is 25.3 Å². The van der Waals surface area contributed by atoms with Crippen molar-refractivity contribution in [3.05, 3.63) is 39.8 Å². The van der Waals surface area contributed by atoms with Crippen LogP contribution in [0.15, 0.2) is 24.4 Å². The zero-order chi connectivity index (χ0) is 13.8. The average molecular weight is 278 g/mol. The third kappa shape index (κ3) is 2.88.